The number of aromatic hydroxyl groups is 1. The molecule has 3 aromatic rings. The molecule has 1 fully saturated rings. The SMILES string of the molecule is COc1ccc(N(C(=O)c2cnccn2)[C@H](C(=O)NC2CCCCC2)c2ccc(O)cc2)cc1. The minimum Gasteiger partial charge on any atom is -0.508 e. The molecular weight excluding hydrogens is 432 g/mol. The number of anilines is 1. The molecule has 8 nitrogen and oxygen atoms in total. The molecule has 0 aliphatic heterocycles. The fraction of sp³-hybridized carbons (Fsp3) is 0.308. The Morgan fingerprint density at radius 3 is 2.35 bits per heavy atom. The van der Waals surface area contributed by atoms with Crippen LogP contribution in [-0.2, 0) is 4.79 Å². The number of aromatic nitrogens is 2. The van der Waals surface area contributed by atoms with E-state index in [4.69, 9.17) is 4.74 Å². The Labute approximate surface area is 198 Å². The quantitative estimate of drug-likeness (QED) is 0.552. The van der Waals surface area contributed by atoms with Gasteiger partial charge in [0.1, 0.15) is 23.2 Å². The van der Waals surface area contributed by atoms with Gasteiger partial charge in [-0.05, 0) is 54.8 Å². The van der Waals surface area contributed by atoms with Crippen molar-refractivity contribution < 1.29 is 19.4 Å². The van der Waals surface area contributed by atoms with Gasteiger partial charge in [-0.3, -0.25) is 19.5 Å². The highest BCUT2D eigenvalue weighted by atomic mass is 16.5. The van der Waals surface area contributed by atoms with Crippen LogP contribution in [-0.4, -0.2) is 40.0 Å². The molecule has 4 rings (SSSR count). The molecule has 1 heterocycles. The summed E-state index contributed by atoms with van der Waals surface area (Å²) in [6.45, 7) is 0. The van der Waals surface area contributed by atoms with Crippen LogP contribution in [0.3, 0.4) is 0 Å². The third-order valence-electron chi connectivity index (χ3n) is 6.02. The van der Waals surface area contributed by atoms with Crippen molar-refractivity contribution in [1.82, 2.24) is 15.3 Å². The molecule has 1 atom stereocenters. The lowest BCUT2D eigenvalue weighted by molar-refractivity contribution is -0.123. The predicted octanol–water partition coefficient (Wildman–Crippen LogP) is 4.03. The minimum atomic E-state index is -0.981. The van der Waals surface area contributed by atoms with E-state index in [-0.39, 0.29) is 23.4 Å². The average Bonchev–Trinajstić information content (AvgIpc) is 2.89. The van der Waals surface area contributed by atoms with Gasteiger partial charge in [-0.25, -0.2) is 4.98 Å². The van der Waals surface area contributed by atoms with Gasteiger partial charge in [-0.1, -0.05) is 31.4 Å². The van der Waals surface area contributed by atoms with E-state index in [0.717, 1.165) is 32.1 Å². The summed E-state index contributed by atoms with van der Waals surface area (Å²) in [4.78, 5) is 37.1. The number of hydrogen-bond donors (Lipinski definition) is 2. The summed E-state index contributed by atoms with van der Waals surface area (Å²) in [5.41, 5.74) is 1.19. The second-order valence-electron chi connectivity index (χ2n) is 8.30. The number of nitrogens with zero attached hydrogens (tertiary/aromatic N) is 3. The molecule has 0 bridgehead atoms. The number of amides is 2. The van der Waals surface area contributed by atoms with Crippen molar-refractivity contribution in [1.29, 1.82) is 0 Å². The summed E-state index contributed by atoms with van der Waals surface area (Å²) in [5.74, 6) is -0.0456. The van der Waals surface area contributed by atoms with E-state index in [1.165, 1.54) is 35.6 Å². The second-order valence-corrected chi connectivity index (χ2v) is 8.30. The Morgan fingerprint density at radius 2 is 1.74 bits per heavy atom. The van der Waals surface area contributed by atoms with Crippen LogP contribution in [0.5, 0.6) is 11.5 Å². The van der Waals surface area contributed by atoms with Crippen molar-refractivity contribution >= 4 is 17.5 Å². The highest BCUT2D eigenvalue weighted by molar-refractivity contribution is 6.09. The monoisotopic (exact) mass is 460 g/mol. The molecule has 2 N–H and O–H groups in total. The number of rotatable bonds is 7. The average molecular weight is 461 g/mol. The van der Waals surface area contributed by atoms with Crippen molar-refractivity contribution in [2.45, 2.75) is 44.2 Å². The van der Waals surface area contributed by atoms with E-state index in [0.29, 0.717) is 17.0 Å². The van der Waals surface area contributed by atoms with Gasteiger partial charge in [0.2, 0.25) is 5.91 Å². The highest BCUT2D eigenvalue weighted by Gasteiger charge is 2.35. The van der Waals surface area contributed by atoms with Crippen molar-refractivity contribution in [3.63, 3.8) is 0 Å². The molecule has 1 aliphatic carbocycles. The van der Waals surface area contributed by atoms with Crippen LogP contribution in [0.2, 0.25) is 0 Å². The largest absolute Gasteiger partial charge is 0.508 e. The molecule has 1 aliphatic rings. The van der Waals surface area contributed by atoms with E-state index in [9.17, 15) is 14.7 Å². The number of methoxy groups -OCH3 is 1. The lowest BCUT2D eigenvalue weighted by atomic mass is 9.94. The number of nitrogens with one attached hydrogen (secondary N) is 1. The standard InChI is InChI=1S/C26H28N4O4/c1-34-22-13-9-20(10-14-22)30(26(33)23-17-27-15-16-28-23)24(18-7-11-21(31)12-8-18)25(32)29-19-5-3-2-4-6-19/h7-17,19,24,31H,2-6H2,1H3,(H,29,32)/t24-/m0/s1. The molecule has 1 saturated carbocycles. The third kappa shape index (κ3) is 5.33. The van der Waals surface area contributed by atoms with Crippen LogP contribution in [0.1, 0.15) is 54.2 Å². The summed E-state index contributed by atoms with van der Waals surface area (Å²) >= 11 is 0. The Hall–Kier alpha value is -3.94. The number of hydrogen-bond acceptors (Lipinski definition) is 6. The summed E-state index contributed by atoms with van der Waals surface area (Å²) in [6, 6.07) is 12.3. The number of phenolic OH excluding ortho intramolecular Hbond substituents is 1. The number of benzene rings is 2. The summed E-state index contributed by atoms with van der Waals surface area (Å²) in [5, 5.41) is 13.0. The van der Waals surface area contributed by atoms with Crippen molar-refractivity contribution in [2.24, 2.45) is 0 Å². The normalized spacial score (nSPS) is 14.7. The molecule has 0 radical (unpaired) electrons. The van der Waals surface area contributed by atoms with Crippen LogP contribution in [0, 0.1) is 0 Å². The second kappa shape index (κ2) is 10.8. The van der Waals surface area contributed by atoms with E-state index in [1.807, 2.05) is 0 Å². The number of phenols is 1. The first-order valence-electron chi connectivity index (χ1n) is 11.4. The molecule has 176 valence electrons. The summed E-state index contributed by atoms with van der Waals surface area (Å²) < 4.78 is 5.27. The lowest BCUT2D eigenvalue weighted by Gasteiger charge is -2.33. The molecule has 2 aromatic carbocycles. The van der Waals surface area contributed by atoms with Crippen LogP contribution < -0.4 is 15.0 Å². The first-order valence-corrected chi connectivity index (χ1v) is 11.4. The zero-order chi connectivity index (χ0) is 23.9. The molecule has 1 aromatic heterocycles. The Balaban J connectivity index is 1.79. The van der Waals surface area contributed by atoms with E-state index in [2.05, 4.69) is 15.3 Å². The van der Waals surface area contributed by atoms with E-state index in [1.54, 1.807) is 43.5 Å². The molecule has 34 heavy (non-hydrogen) atoms. The van der Waals surface area contributed by atoms with Crippen LogP contribution in [0.25, 0.3) is 0 Å². The van der Waals surface area contributed by atoms with Gasteiger partial charge in [0.15, 0.2) is 0 Å². The number of carbonyl (C=O) groups excluding carboxylic acids is 2. The fourth-order valence-electron chi connectivity index (χ4n) is 4.26. The van der Waals surface area contributed by atoms with Gasteiger partial charge in [0.25, 0.3) is 5.91 Å². The minimum absolute atomic E-state index is 0.0604. The molecule has 2 amide bonds. The number of carbonyl (C=O) groups is 2. The van der Waals surface area contributed by atoms with Crippen LogP contribution >= 0.6 is 0 Å². The first-order chi connectivity index (χ1) is 16.6. The van der Waals surface area contributed by atoms with Gasteiger partial charge in [-0.15, -0.1) is 0 Å². The van der Waals surface area contributed by atoms with E-state index < -0.39 is 11.9 Å². The molecule has 0 spiro atoms. The van der Waals surface area contributed by atoms with Gasteiger partial charge < -0.3 is 15.2 Å². The van der Waals surface area contributed by atoms with Crippen molar-refractivity contribution in [3.05, 3.63) is 78.4 Å². The van der Waals surface area contributed by atoms with Crippen LogP contribution in [0.15, 0.2) is 67.1 Å². The summed E-state index contributed by atoms with van der Waals surface area (Å²) in [7, 11) is 1.56. The third-order valence-corrected chi connectivity index (χ3v) is 6.02. The van der Waals surface area contributed by atoms with E-state index >= 15 is 0 Å². The van der Waals surface area contributed by atoms with Crippen molar-refractivity contribution in [3.8, 4) is 11.5 Å². The van der Waals surface area contributed by atoms with Crippen molar-refractivity contribution in [2.75, 3.05) is 12.0 Å². The Bertz CT molecular complexity index is 1100. The van der Waals surface area contributed by atoms with Gasteiger partial charge >= 0.3 is 0 Å². The Kier molecular flexibility index (Phi) is 7.37. The lowest BCUT2D eigenvalue weighted by Crippen LogP contribution is -2.47. The molecule has 8 heteroatoms. The van der Waals surface area contributed by atoms with Gasteiger partial charge in [0.05, 0.1) is 13.3 Å². The zero-order valence-corrected chi connectivity index (χ0v) is 19.1. The fourth-order valence-corrected chi connectivity index (χ4v) is 4.26. The summed E-state index contributed by atoms with van der Waals surface area (Å²) in [6.07, 6.45) is 9.43. The smallest absolute Gasteiger partial charge is 0.279 e. The molecule has 0 saturated heterocycles. The maximum atomic E-state index is 13.7. The van der Waals surface area contributed by atoms with Crippen LogP contribution in [0.4, 0.5) is 5.69 Å². The van der Waals surface area contributed by atoms with Gasteiger partial charge in [0, 0.05) is 24.1 Å². The number of ether oxygens (including phenoxy) is 1. The highest BCUT2D eigenvalue weighted by Crippen LogP contribution is 2.32. The molecular formula is C26H28N4O4. The topological polar surface area (TPSA) is 105 Å². The maximum Gasteiger partial charge on any atom is 0.279 e. The van der Waals surface area contributed by atoms with Gasteiger partial charge in [-0.2, -0.15) is 0 Å². The molecule has 0 unspecified atom stereocenters. The first kappa shape index (κ1) is 23.2. The Morgan fingerprint density at radius 1 is 1.03 bits per heavy atom. The predicted molar refractivity (Wildman–Crippen MR) is 128 cm³/mol. The maximum absolute atomic E-state index is 13.7. The zero-order valence-electron chi connectivity index (χ0n) is 19.1.